The normalized spacial score (nSPS) is 18.3. The fraction of sp³-hybridized carbons (Fsp3) is 0.583. The van der Waals surface area contributed by atoms with Crippen molar-refractivity contribution in [2.75, 3.05) is 0 Å². The van der Waals surface area contributed by atoms with Crippen LogP contribution in [0.15, 0.2) is 0 Å². The Bertz CT molecular complexity index is 460. The van der Waals surface area contributed by atoms with Gasteiger partial charge in [-0.1, -0.05) is 13.8 Å². The lowest BCUT2D eigenvalue weighted by Crippen LogP contribution is -2.26. The molecule has 1 aliphatic carbocycles. The van der Waals surface area contributed by atoms with Crippen molar-refractivity contribution >= 4 is 22.9 Å². The Balaban J connectivity index is 2.34. The Morgan fingerprint density at radius 2 is 2.12 bits per heavy atom. The standard InChI is InChI=1S/C12H15NO2S/c1-7(14)4-10-13-8-5-12(2,3)6-9(15)11(8)16-10/h4-6H2,1-3H3. The van der Waals surface area contributed by atoms with Crippen LogP contribution in [0.25, 0.3) is 0 Å². The highest BCUT2D eigenvalue weighted by molar-refractivity contribution is 7.14. The molecule has 0 saturated carbocycles. The van der Waals surface area contributed by atoms with E-state index in [-0.39, 0.29) is 17.0 Å². The predicted molar refractivity (Wildman–Crippen MR) is 62.9 cm³/mol. The van der Waals surface area contributed by atoms with Crippen LogP contribution in [0.4, 0.5) is 0 Å². The van der Waals surface area contributed by atoms with E-state index in [2.05, 4.69) is 18.8 Å². The Labute approximate surface area is 98.9 Å². The third-order valence-corrected chi connectivity index (χ3v) is 3.82. The van der Waals surface area contributed by atoms with Crippen LogP contribution in [0.3, 0.4) is 0 Å². The van der Waals surface area contributed by atoms with E-state index >= 15 is 0 Å². The predicted octanol–water partition coefficient (Wildman–Crippen LogP) is 2.43. The van der Waals surface area contributed by atoms with Crippen molar-refractivity contribution in [1.82, 2.24) is 4.98 Å². The second-order valence-corrected chi connectivity index (χ2v) is 6.29. The highest BCUT2D eigenvalue weighted by atomic mass is 32.1. The molecule has 0 atom stereocenters. The molecular weight excluding hydrogens is 222 g/mol. The molecule has 0 aromatic carbocycles. The molecule has 3 nitrogen and oxygen atoms in total. The molecule has 0 saturated heterocycles. The number of carbonyl (C=O) groups excluding carboxylic acids is 2. The van der Waals surface area contributed by atoms with E-state index in [0.29, 0.717) is 12.8 Å². The van der Waals surface area contributed by atoms with Gasteiger partial charge in [0.1, 0.15) is 10.8 Å². The van der Waals surface area contributed by atoms with Crippen LogP contribution in [0.1, 0.15) is 47.6 Å². The number of thiazole rings is 1. The third kappa shape index (κ3) is 2.21. The molecule has 86 valence electrons. The molecule has 0 unspecified atom stereocenters. The molecule has 4 heteroatoms. The van der Waals surface area contributed by atoms with Gasteiger partial charge in [-0.3, -0.25) is 9.59 Å². The van der Waals surface area contributed by atoms with Crippen LogP contribution >= 0.6 is 11.3 Å². The summed E-state index contributed by atoms with van der Waals surface area (Å²) in [6, 6.07) is 0. The average Bonchev–Trinajstić information content (AvgIpc) is 2.43. The summed E-state index contributed by atoms with van der Waals surface area (Å²) < 4.78 is 0. The summed E-state index contributed by atoms with van der Waals surface area (Å²) in [5.74, 6) is 0.274. The van der Waals surface area contributed by atoms with Crippen LogP contribution in [-0.4, -0.2) is 16.6 Å². The van der Waals surface area contributed by atoms with Gasteiger partial charge in [0, 0.05) is 6.42 Å². The maximum absolute atomic E-state index is 11.9. The van der Waals surface area contributed by atoms with E-state index in [9.17, 15) is 9.59 Å². The van der Waals surface area contributed by atoms with Gasteiger partial charge in [-0.25, -0.2) is 4.98 Å². The Hall–Kier alpha value is -1.03. The maximum atomic E-state index is 11.9. The summed E-state index contributed by atoms with van der Waals surface area (Å²) in [6.07, 6.45) is 1.77. The van der Waals surface area contributed by atoms with Gasteiger partial charge in [-0.15, -0.1) is 11.3 Å². The van der Waals surface area contributed by atoms with Crippen molar-refractivity contribution < 1.29 is 9.59 Å². The molecule has 1 heterocycles. The lowest BCUT2D eigenvalue weighted by molar-refractivity contribution is -0.116. The molecule has 0 aliphatic heterocycles. The highest BCUT2D eigenvalue weighted by Crippen LogP contribution is 2.36. The lowest BCUT2D eigenvalue weighted by Gasteiger charge is -2.26. The summed E-state index contributed by atoms with van der Waals surface area (Å²) in [5, 5.41) is 0.781. The topological polar surface area (TPSA) is 47.0 Å². The first kappa shape index (κ1) is 11.5. The third-order valence-electron chi connectivity index (χ3n) is 2.68. The fourth-order valence-electron chi connectivity index (χ4n) is 2.06. The number of hydrogen-bond donors (Lipinski definition) is 0. The van der Waals surface area contributed by atoms with Crippen molar-refractivity contribution in [3.8, 4) is 0 Å². The molecule has 0 fully saturated rings. The number of Topliss-reactive ketones (excluding diaryl/α,β-unsaturated/α-hetero) is 2. The minimum atomic E-state index is 0.00561. The molecule has 0 N–H and O–H groups in total. The quantitative estimate of drug-likeness (QED) is 0.793. The molecule has 0 spiro atoms. The van der Waals surface area contributed by atoms with Crippen LogP contribution in [-0.2, 0) is 17.6 Å². The Kier molecular flexibility index (Phi) is 2.70. The van der Waals surface area contributed by atoms with E-state index < -0.39 is 0 Å². The molecule has 2 rings (SSSR count). The molecule has 0 radical (unpaired) electrons. The summed E-state index contributed by atoms with van der Waals surface area (Å²) in [4.78, 5) is 28.1. The number of aromatic nitrogens is 1. The second kappa shape index (κ2) is 3.77. The van der Waals surface area contributed by atoms with Gasteiger partial charge in [0.05, 0.1) is 17.0 Å². The van der Waals surface area contributed by atoms with Crippen molar-refractivity contribution in [2.24, 2.45) is 5.41 Å². The zero-order chi connectivity index (χ0) is 11.9. The van der Waals surface area contributed by atoms with Crippen molar-refractivity contribution in [2.45, 2.75) is 40.0 Å². The van der Waals surface area contributed by atoms with E-state index in [1.54, 1.807) is 6.92 Å². The number of rotatable bonds is 2. The first-order valence-electron chi connectivity index (χ1n) is 5.39. The molecular formula is C12H15NO2S. The van der Waals surface area contributed by atoms with Gasteiger partial charge < -0.3 is 0 Å². The van der Waals surface area contributed by atoms with Gasteiger partial charge in [0.2, 0.25) is 0 Å². The number of carbonyl (C=O) groups is 2. The van der Waals surface area contributed by atoms with Crippen molar-refractivity contribution in [1.29, 1.82) is 0 Å². The number of nitrogens with zero attached hydrogens (tertiary/aromatic N) is 1. The summed E-state index contributed by atoms with van der Waals surface area (Å²) in [7, 11) is 0. The van der Waals surface area contributed by atoms with E-state index in [0.717, 1.165) is 22.0 Å². The molecule has 1 aromatic heterocycles. The van der Waals surface area contributed by atoms with Crippen molar-refractivity contribution in [3.63, 3.8) is 0 Å². The minimum Gasteiger partial charge on any atom is -0.300 e. The largest absolute Gasteiger partial charge is 0.300 e. The first-order chi connectivity index (χ1) is 7.37. The van der Waals surface area contributed by atoms with E-state index in [1.807, 2.05) is 0 Å². The highest BCUT2D eigenvalue weighted by Gasteiger charge is 2.33. The number of ketones is 2. The van der Waals surface area contributed by atoms with Crippen LogP contribution in [0.5, 0.6) is 0 Å². The first-order valence-corrected chi connectivity index (χ1v) is 6.20. The fourth-order valence-corrected chi connectivity index (χ4v) is 3.15. The second-order valence-electron chi connectivity index (χ2n) is 5.20. The molecule has 16 heavy (non-hydrogen) atoms. The van der Waals surface area contributed by atoms with Crippen LogP contribution in [0.2, 0.25) is 0 Å². The minimum absolute atomic E-state index is 0.00561. The maximum Gasteiger partial charge on any atom is 0.175 e. The molecule has 0 bridgehead atoms. The Morgan fingerprint density at radius 3 is 2.75 bits per heavy atom. The zero-order valence-electron chi connectivity index (χ0n) is 9.79. The monoisotopic (exact) mass is 237 g/mol. The molecule has 0 amide bonds. The van der Waals surface area contributed by atoms with Crippen molar-refractivity contribution in [3.05, 3.63) is 15.6 Å². The zero-order valence-corrected chi connectivity index (χ0v) is 10.6. The SMILES string of the molecule is CC(=O)Cc1nc2c(s1)C(=O)CC(C)(C)C2. The smallest absolute Gasteiger partial charge is 0.175 e. The van der Waals surface area contributed by atoms with Gasteiger partial charge in [0.25, 0.3) is 0 Å². The number of hydrogen-bond acceptors (Lipinski definition) is 4. The van der Waals surface area contributed by atoms with Crippen LogP contribution in [0, 0.1) is 5.41 Å². The summed E-state index contributed by atoms with van der Waals surface area (Å²) >= 11 is 1.39. The van der Waals surface area contributed by atoms with E-state index in [4.69, 9.17) is 0 Å². The average molecular weight is 237 g/mol. The van der Waals surface area contributed by atoms with Gasteiger partial charge in [0.15, 0.2) is 5.78 Å². The lowest BCUT2D eigenvalue weighted by atomic mass is 9.78. The Morgan fingerprint density at radius 1 is 1.44 bits per heavy atom. The summed E-state index contributed by atoms with van der Waals surface area (Å²) in [6.45, 7) is 5.71. The number of fused-ring (bicyclic) bond motifs is 1. The van der Waals surface area contributed by atoms with Gasteiger partial charge in [-0.05, 0) is 18.8 Å². The summed E-state index contributed by atoms with van der Waals surface area (Å²) in [5.41, 5.74) is 0.897. The van der Waals surface area contributed by atoms with E-state index in [1.165, 1.54) is 11.3 Å². The molecule has 1 aliphatic rings. The molecule has 1 aromatic rings. The van der Waals surface area contributed by atoms with Gasteiger partial charge in [-0.2, -0.15) is 0 Å². The van der Waals surface area contributed by atoms with Crippen LogP contribution < -0.4 is 0 Å². The van der Waals surface area contributed by atoms with Gasteiger partial charge >= 0.3 is 0 Å².